The summed E-state index contributed by atoms with van der Waals surface area (Å²) in [7, 11) is 0. The Morgan fingerprint density at radius 2 is 0.575 bits per heavy atom. The van der Waals surface area contributed by atoms with Crippen LogP contribution in [0.1, 0.15) is 213 Å². The molecule has 40 heavy (non-hydrogen) atoms. The molecule has 0 saturated heterocycles. The van der Waals surface area contributed by atoms with Crippen LogP contribution in [0, 0.1) is 0 Å². The van der Waals surface area contributed by atoms with Gasteiger partial charge < -0.3 is 9.80 Å². The van der Waals surface area contributed by atoms with E-state index in [-0.39, 0.29) is 0 Å². The molecule has 1 aliphatic heterocycles. The van der Waals surface area contributed by atoms with Crippen molar-refractivity contribution in [2.45, 2.75) is 220 Å². The number of hydrogen-bond donors (Lipinski definition) is 0. The van der Waals surface area contributed by atoms with E-state index >= 15 is 0 Å². The van der Waals surface area contributed by atoms with Gasteiger partial charge in [0.15, 0.2) is 0 Å². The van der Waals surface area contributed by atoms with Crippen molar-refractivity contribution >= 4 is 0 Å². The van der Waals surface area contributed by atoms with Gasteiger partial charge in [-0.2, -0.15) is 0 Å². The van der Waals surface area contributed by atoms with Gasteiger partial charge in [0, 0.05) is 25.5 Å². The maximum atomic E-state index is 2.71. The highest BCUT2D eigenvalue weighted by molar-refractivity contribution is 4.97. The highest BCUT2D eigenvalue weighted by atomic mass is 15.4. The SMILES string of the molecule is CCCCCCCCCCCCCCCCN1C=CN(CCCCCCC)C1CCCCCCCCCCCC. The zero-order valence-electron chi connectivity index (χ0n) is 28.3. The molecule has 0 radical (unpaired) electrons. The molecular weight excluding hydrogens is 484 g/mol. The lowest BCUT2D eigenvalue weighted by atomic mass is 10.0. The topological polar surface area (TPSA) is 6.48 Å². The van der Waals surface area contributed by atoms with Gasteiger partial charge in [0.2, 0.25) is 0 Å². The molecule has 0 aromatic carbocycles. The van der Waals surface area contributed by atoms with Crippen molar-refractivity contribution in [2.24, 2.45) is 0 Å². The average Bonchev–Trinajstić information content (AvgIpc) is 3.35. The van der Waals surface area contributed by atoms with Gasteiger partial charge in [0.1, 0.15) is 6.17 Å². The number of rotatable bonds is 32. The Balaban J connectivity index is 2.15. The highest BCUT2D eigenvalue weighted by Gasteiger charge is 2.24. The summed E-state index contributed by atoms with van der Waals surface area (Å²) in [5, 5.41) is 0. The largest absolute Gasteiger partial charge is 0.356 e. The fourth-order valence-electron chi connectivity index (χ4n) is 6.54. The van der Waals surface area contributed by atoms with Crippen molar-refractivity contribution in [3.63, 3.8) is 0 Å². The maximum Gasteiger partial charge on any atom is 0.101 e. The monoisotopic (exact) mass is 561 g/mol. The van der Waals surface area contributed by atoms with Crippen molar-refractivity contribution in [2.75, 3.05) is 13.1 Å². The molecule has 1 rings (SSSR count). The Bertz CT molecular complexity index is 516. The first-order valence-corrected chi connectivity index (χ1v) is 19.0. The lowest BCUT2D eigenvalue weighted by molar-refractivity contribution is 0.135. The summed E-state index contributed by atoms with van der Waals surface area (Å²) in [6, 6.07) is 0. The molecule has 0 fully saturated rings. The van der Waals surface area contributed by atoms with Gasteiger partial charge in [-0.05, 0) is 25.7 Å². The predicted octanol–water partition coefficient (Wildman–Crippen LogP) is 13.2. The van der Waals surface area contributed by atoms with Gasteiger partial charge in [-0.3, -0.25) is 0 Å². The number of unbranched alkanes of at least 4 members (excludes halogenated alkanes) is 26. The smallest absolute Gasteiger partial charge is 0.101 e. The third-order valence-corrected chi connectivity index (χ3v) is 9.32. The second-order valence-corrected chi connectivity index (χ2v) is 13.2. The standard InChI is InChI=1S/C38H76N2/c1-4-7-10-13-15-17-19-20-21-22-24-26-29-32-35-40-37-36-39(34-31-28-12-9-6-3)38(40)33-30-27-25-23-18-16-14-11-8-5-2/h36-38H,4-35H2,1-3H3. The second-order valence-electron chi connectivity index (χ2n) is 13.2. The van der Waals surface area contributed by atoms with Gasteiger partial charge in [-0.1, -0.05) is 188 Å². The minimum absolute atomic E-state index is 0.641. The average molecular weight is 561 g/mol. The minimum Gasteiger partial charge on any atom is -0.356 e. The molecule has 0 aliphatic carbocycles. The number of nitrogens with zero attached hydrogens (tertiary/aromatic N) is 2. The lowest BCUT2D eigenvalue weighted by Gasteiger charge is -2.33. The van der Waals surface area contributed by atoms with Crippen LogP contribution < -0.4 is 0 Å². The van der Waals surface area contributed by atoms with E-state index in [0.717, 1.165) is 0 Å². The molecule has 0 saturated carbocycles. The Hall–Kier alpha value is -0.660. The van der Waals surface area contributed by atoms with E-state index in [9.17, 15) is 0 Å². The molecule has 2 nitrogen and oxygen atoms in total. The van der Waals surface area contributed by atoms with E-state index < -0.39 is 0 Å². The third kappa shape index (κ3) is 22.0. The summed E-state index contributed by atoms with van der Waals surface area (Å²) < 4.78 is 0. The van der Waals surface area contributed by atoms with Crippen molar-refractivity contribution in [3.8, 4) is 0 Å². The molecule has 1 atom stereocenters. The normalized spacial score (nSPS) is 15.1. The summed E-state index contributed by atoms with van der Waals surface area (Å²) in [6.45, 7) is 9.47. The van der Waals surface area contributed by atoms with E-state index in [1.807, 2.05) is 0 Å². The summed E-state index contributed by atoms with van der Waals surface area (Å²) in [5.41, 5.74) is 0. The first-order valence-electron chi connectivity index (χ1n) is 19.0. The Morgan fingerprint density at radius 3 is 0.875 bits per heavy atom. The van der Waals surface area contributed by atoms with Crippen LogP contribution in [-0.4, -0.2) is 29.1 Å². The third-order valence-electron chi connectivity index (χ3n) is 9.32. The summed E-state index contributed by atoms with van der Waals surface area (Å²) in [4.78, 5) is 5.41. The van der Waals surface area contributed by atoms with Crippen LogP contribution in [0.5, 0.6) is 0 Å². The fraction of sp³-hybridized carbons (Fsp3) is 0.947. The molecule has 0 N–H and O–H groups in total. The van der Waals surface area contributed by atoms with E-state index in [1.54, 1.807) is 0 Å². The lowest BCUT2D eigenvalue weighted by Crippen LogP contribution is -2.39. The second kappa shape index (κ2) is 29.8. The summed E-state index contributed by atoms with van der Waals surface area (Å²) in [6.07, 6.45) is 48.5. The van der Waals surface area contributed by atoms with Gasteiger partial charge in [0.25, 0.3) is 0 Å². The van der Waals surface area contributed by atoms with Crippen LogP contribution in [0.2, 0.25) is 0 Å². The Kier molecular flexibility index (Phi) is 27.9. The predicted molar refractivity (Wildman–Crippen MR) is 182 cm³/mol. The number of hydrogen-bond acceptors (Lipinski definition) is 2. The van der Waals surface area contributed by atoms with Gasteiger partial charge in [-0.15, -0.1) is 0 Å². The van der Waals surface area contributed by atoms with Crippen LogP contribution in [0.15, 0.2) is 12.4 Å². The minimum atomic E-state index is 0.641. The van der Waals surface area contributed by atoms with Crippen molar-refractivity contribution in [1.82, 2.24) is 9.80 Å². The van der Waals surface area contributed by atoms with E-state index in [1.165, 1.54) is 206 Å². The summed E-state index contributed by atoms with van der Waals surface area (Å²) in [5.74, 6) is 0. The zero-order chi connectivity index (χ0) is 28.8. The maximum absolute atomic E-state index is 2.71. The van der Waals surface area contributed by atoms with Gasteiger partial charge in [0.05, 0.1) is 0 Å². The van der Waals surface area contributed by atoms with Gasteiger partial charge >= 0.3 is 0 Å². The Morgan fingerprint density at radius 1 is 0.325 bits per heavy atom. The molecule has 2 heteroatoms. The quantitative estimate of drug-likeness (QED) is 0.0755. The molecule has 0 aromatic rings. The molecule has 238 valence electrons. The molecule has 0 bridgehead atoms. The molecule has 0 spiro atoms. The fourth-order valence-corrected chi connectivity index (χ4v) is 6.54. The van der Waals surface area contributed by atoms with Crippen LogP contribution in [0.3, 0.4) is 0 Å². The molecule has 0 aromatic heterocycles. The van der Waals surface area contributed by atoms with Crippen LogP contribution in [-0.2, 0) is 0 Å². The van der Waals surface area contributed by atoms with E-state index in [2.05, 4.69) is 43.0 Å². The Labute approximate surface area is 254 Å². The van der Waals surface area contributed by atoms with Crippen LogP contribution in [0.4, 0.5) is 0 Å². The van der Waals surface area contributed by atoms with E-state index in [4.69, 9.17) is 0 Å². The van der Waals surface area contributed by atoms with Gasteiger partial charge in [-0.25, -0.2) is 0 Å². The van der Waals surface area contributed by atoms with Crippen molar-refractivity contribution in [3.05, 3.63) is 12.4 Å². The molecular formula is C38H76N2. The van der Waals surface area contributed by atoms with Crippen LogP contribution >= 0.6 is 0 Å². The van der Waals surface area contributed by atoms with Crippen molar-refractivity contribution < 1.29 is 0 Å². The van der Waals surface area contributed by atoms with Crippen molar-refractivity contribution in [1.29, 1.82) is 0 Å². The first-order chi connectivity index (χ1) is 19.8. The highest BCUT2D eigenvalue weighted by Crippen LogP contribution is 2.24. The molecule has 0 amide bonds. The zero-order valence-corrected chi connectivity index (χ0v) is 28.3. The first kappa shape index (κ1) is 37.4. The van der Waals surface area contributed by atoms with E-state index in [0.29, 0.717) is 6.17 Å². The molecule has 1 unspecified atom stereocenters. The molecule has 1 heterocycles. The van der Waals surface area contributed by atoms with Crippen LogP contribution in [0.25, 0.3) is 0 Å². The molecule has 1 aliphatic rings. The summed E-state index contributed by atoms with van der Waals surface area (Å²) >= 11 is 0.